The van der Waals surface area contributed by atoms with E-state index < -0.39 is 5.97 Å². The minimum Gasteiger partial charge on any atom is -0.465 e. The van der Waals surface area contributed by atoms with E-state index in [0.29, 0.717) is 0 Å². The van der Waals surface area contributed by atoms with Crippen LogP contribution in [-0.4, -0.2) is 24.0 Å². The molecule has 1 heterocycles. The number of halogens is 1. The molecule has 114 valence electrons. The first-order valence-corrected chi connectivity index (χ1v) is 6.62. The molecule has 1 aromatic heterocycles. The third-order valence-corrected chi connectivity index (χ3v) is 3.13. The predicted molar refractivity (Wildman–Crippen MR) is 77.9 cm³/mol. The van der Waals surface area contributed by atoms with Gasteiger partial charge in [-0.1, -0.05) is 12.1 Å². The molecule has 0 saturated heterocycles. The topological polar surface area (TPSA) is 68.3 Å². The van der Waals surface area contributed by atoms with Crippen LogP contribution in [0, 0.1) is 5.82 Å². The van der Waals surface area contributed by atoms with E-state index in [1.807, 2.05) is 0 Å². The molecular weight excluding hydrogens is 287 g/mol. The van der Waals surface area contributed by atoms with Gasteiger partial charge in [0.2, 0.25) is 0 Å². The Morgan fingerprint density at radius 2 is 1.86 bits per heavy atom. The fraction of sp³-hybridized carbons (Fsp3) is 0.188. The van der Waals surface area contributed by atoms with Crippen LogP contribution in [0.2, 0.25) is 0 Å². The average Bonchev–Trinajstić information content (AvgIpc) is 2.54. The first kappa shape index (κ1) is 15.6. The normalized spacial score (nSPS) is 11.6. The zero-order valence-corrected chi connectivity index (χ0v) is 12.2. The van der Waals surface area contributed by atoms with Gasteiger partial charge < -0.3 is 10.1 Å². The molecule has 0 aliphatic heterocycles. The van der Waals surface area contributed by atoms with E-state index in [1.54, 1.807) is 19.1 Å². The quantitative estimate of drug-likeness (QED) is 0.881. The number of carbonyl (C=O) groups excluding carboxylic acids is 2. The van der Waals surface area contributed by atoms with Crippen LogP contribution in [-0.2, 0) is 4.74 Å². The molecular formula is C16H15FN2O3. The second kappa shape index (κ2) is 6.80. The van der Waals surface area contributed by atoms with E-state index in [0.717, 1.165) is 5.56 Å². The van der Waals surface area contributed by atoms with Crippen molar-refractivity contribution in [2.24, 2.45) is 0 Å². The van der Waals surface area contributed by atoms with Gasteiger partial charge in [-0.3, -0.25) is 9.78 Å². The van der Waals surface area contributed by atoms with E-state index in [1.165, 1.54) is 37.6 Å². The fourth-order valence-corrected chi connectivity index (χ4v) is 1.87. The molecule has 5 nitrogen and oxygen atoms in total. The van der Waals surface area contributed by atoms with Gasteiger partial charge in [-0.05, 0) is 36.8 Å². The molecule has 1 N–H and O–H groups in total. The lowest BCUT2D eigenvalue weighted by atomic mass is 10.1. The highest BCUT2D eigenvalue weighted by atomic mass is 19.1. The number of hydrogen-bond donors (Lipinski definition) is 1. The number of carbonyl (C=O) groups is 2. The van der Waals surface area contributed by atoms with Gasteiger partial charge in [0.25, 0.3) is 5.91 Å². The number of methoxy groups -OCH3 is 1. The standard InChI is InChI=1S/C16H15FN2O3/c1-10(11-3-6-13(17)7-4-11)19-15(20)14-8-5-12(9-18-14)16(21)22-2/h3-10H,1-2H3,(H,19,20). The highest BCUT2D eigenvalue weighted by molar-refractivity contribution is 5.94. The molecule has 2 rings (SSSR count). The predicted octanol–water partition coefficient (Wildman–Crippen LogP) is 2.50. The Hall–Kier alpha value is -2.76. The van der Waals surface area contributed by atoms with Crippen LogP contribution in [0.15, 0.2) is 42.6 Å². The summed E-state index contributed by atoms with van der Waals surface area (Å²) in [5.41, 5.74) is 1.23. The molecule has 0 spiro atoms. The second-order valence-electron chi connectivity index (χ2n) is 4.67. The Kier molecular flexibility index (Phi) is 4.83. The van der Waals surface area contributed by atoms with Crippen molar-refractivity contribution in [1.82, 2.24) is 10.3 Å². The smallest absolute Gasteiger partial charge is 0.339 e. The van der Waals surface area contributed by atoms with Crippen molar-refractivity contribution in [3.8, 4) is 0 Å². The van der Waals surface area contributed by atoms with Gasteiger partial charge in [0, 0.05) is 6.20 Å². The van der Waals surface area contributed by atoms with E-state index >= 15 is 0 Å². The lowest BCUT2D eigenvalue weighted by Gasteiger charge is -2.14. The van der Waals surface area contributed by atoms with Crippen molar-refractivity contribution in [1.29, 1.82) is 0 Å². The maximum Gasteiger partial charge on any atom is 0.339 e. The Labute approximate surface area is 127 Å². The second-order valence-corrected chi connectivity index (χ2v) is 4.67. The summed E-state index contributed by atoms with van der Waals surface area (Å²) < 4.78 is 17.4. The lowest BCUT2D eigenvalue weighted by Crippen LogP contribution is -2.27. The number of hydrogen-bond acceptors (Lipinski definition) is 4. The van der Waals surface area contributed by atoms with Gasteiger partial charge >= 0.3 is 5.97 Å². The number of rotatable bonds is 4. The van der Waals surface area contributed by atoms with Crippen molar-refractivity contribution >= 4 is 11.9 Å². The van der Waals surface area contributed by atoms with E-state index in [2.05, 4.69) is 15.0 Å². The molecule has 2 aromatic rings. The Balaban J connectivity index is 2.05. The summed E-state index contributed by atoms with van der Waals surface area (Å²) in [7, 11) is 1.27. The van der Waals surface area contributed by atoms with Crippen molar-refractivity contribution in [2.75, 3.05) is 7.11 Å². The number of nitrogens with zero attached hydrogens (tertiary/aromatic N) is 1. The summed E-state index contributed by atoms with van der Waals surface area (Å²) in [6.45, 7) is 1.79. The molecule has 1 unspecified atom stereocenters. The van der Waals surface area contributed by atoms with Gasteiger partial charge in [-0.25, -0.2) is 9.18 Å². The van der Waals surface area contributed by atoms with E-state index in [9.17, 15) is 14.0 Å². The summed E-state index contributed by atoms with van der Waals surface area (Å²) in [5, 5.41) is 2.75. The molecule has 6 heteroatoms. The summed E-state index contributed by atoms with van der Waals surface area (Å²) in [5.74, 6) is -1.23. The zero-order chi connectivity index (χ0) is 16.1. The minimum absolute atomic E-state index is 0.182. The van der Waals surface area contributed by atoms with Crippen molar-refractivity contribution in [3.63, 3.8) is 0 Å². The number of pyridine rings is 1. The van der Waals surface area contributed by atoms with Crippen LogP contribution < -0.4 is 5.32 Å². The van der Waals surface area contributed by atoms with Crippen LogP contribution in [0.3, 0.4) is 0 Å². The molecule has 1 amide bonds. The number of benzene rings is 1. The number of ether oxygens (including phenoxy) is 1. The highest BCUT2D eigenvalue weighted by Gasteiger charge is 2.14. The molecule has 22 heavy (non-hydrogen) atoms. The molecule has 0 fully saturated rings. The van der Waals surface area contributed by atoms with Crippen LogP contribution in [0.1, 0.15) is 39.4 Å². The molecule has 0 radical (unpaired) electrons. The number of aromatic nitrogens is 1. The van der Waals surface area contributed by atoms with Gasteiger partial charge in [0.05, 0.1) is 18.7 Å². The van der Waals surface area contributed by atoms with Crippen LogP contribution >= 0.6 is 0 Å². The Morgan fingerprint density at radius 3 is 2.41 bits per heavy atom. The third kappa shape index (κ3) is 3.66. The summed E-state index contributed by atoms with van der Waals surface area (Å²) in [6, 6.07) is 8.50. The maximum atomic E-state index is 12.9. The summed E-state index contributed by atoms with van der Waals surface area (Å²) in [6.07, 6.45) is 1.28. The largest absolute Gasteiger partial charge is 0.465 e. The highest BCUT2D eigenvalue weighted by Crippen LogP contribution is 2.13. The minimum atomic E-state index is -0.515. The van der Waals surface area contributed by atoms with Gasteiger partial charge in [-0.2, -0.15) is 0 Å². The van der Waals surface area contributed by atoms with Gasteiger partial charge in [0.1, 0.15) is 11.5 Å². The number of esters is 1. The first-order valence-electron chi connectivity index (χ1n) is 6.62. The molecule has 0 aliphatic rings. The Bertz CT molecular complexity index is 669. The lowest BCUT2D eigenvalue weighted by molar-refractivity contribution is 0.0599. The summed E-state index contributed by atoms with van der Waals surface area (Å²) >= 11 is 0. The van der Waals surface area contributed by atoms with Crippen molar-refractivity contribution in [3.05, 3.63) is 65.2 Å². The molecule has 0 saturated carbocycles. The van der Waals surface area contributed by atoms with Crippen LogP contribution in [0.5, 0.6) is 0 Å². The number of amides is 1. The van der Waals surface area contributed by atoms with Crippen molar-refractivity contribution in [2.45, 2.75) is 13.0 Å². The molecule has 1 aromatic carbocycles. The van der Waals surface area contributed by atoms with E-state index in [-0.39, 0.29) is 29.0 Å². The maximum absolute atomic E-state index is 12.9. The van der Waals surface area contributed by atoms with Crippen molar-refractivity contribution < 1.29 is 18.7 Å². The third-order valence-electron chi connectivity index (χ3n) is 3.13. The fourth-order valence-electron chi connectivity index (χ4n) is 1.87. The molecule has 1 atom stereocenters. The van der Waals surface area contributed by atoms with Gasteiger partial charge in [-0.15, -0.1) is 0 Å². The van der Waals surface area contributed by atoms with Gasteiger partial charge in [0.15, 0.2) is 0 Å². The average molecular weight is 302 g/mol. The first-order chi connectivity index (χ1) is 10.5. The summed E-state index contributed by atoms with van der Waals surface area (Å²) in [4.78, 5) is 27.3. The monoisotopic (exact) mass is 302 g/mol. The van der Waals surface area contributed by atoms with Crippen LogP contribution in [0.25, 0.3) is 0 Å². The SMILES string of the molecule is COC(=O)c1ccc(C(=O)NC(C)c2ccc(F)cc2)nc1. The van der Waals surface area contributed by atoms with E-state index in [4.69, 9.17) is 0 Å². The number of nitrogens with one attached hydrogen (secondary N) is 1. The Morgan fingerprint density at radius 1 is 1.18 bits per heavy atom. The zero-order valence-electron chi connectivity index (χ0n) is 12.2. The van der Waals surface area contributed by atoms with Crippen LogP contribution in [0.4, 0.5) is 4.39 Å². The molecule has 0 bridgehead atoms. The molecule has 0 aliphatic carbocycles.